The molecule has 0 unspecified atom stereocenters. The summed E-state index contributed by atoms with van der Waals surface area (Å²) in [5.74, 6) is 0.762. The highest BCUT2D eigenvalue weighted by molar-refractivity contribution is 5.57. The topological polar surface area (TPSA) is 55.6 Å². The molecule has 0 aliphatic heterocycles. The van der Waals surface area contributed by atoms with Crippen molar-refractivity contribution in [2.24, 2.45) is 7.05 Å². The van der Waals surface area contributed by atoms with Crippen LogP contribution < -0.4 is 5.32 Å². The maximum absolute atomic E-state index is 4.07. The van der Waals surface area contributed by atoms with E-state index in [0.717, 1.165) is 17.1 Å². The van der Waals surface area contributed by atoms with Crippen LogP contribution in [0.25, 0.3) is 11.3 Å². The summed E-state index contributed by atoms with van der Waals surface area (Å²) in [5, 5.41) is 15.0. The normalized spacial score (nSPS) is 10.1. The molecule has 0 saturated carbocycles. The van der Waals surface area contributed by atoms with Crippen LogP contribution in [0.3, 0.4) is 0 Å². The van der Waals surface area contributed by atoms with Crippen molar-refractivity contribution in [3.8, 4) is 11.3 Å². The predicted octanol–water partition coefficient (Wildman–Crippen LogP) is 0.919. The van der Waals surface area contributed by atoms with E-state index in [9.17, 15) is 0 Å². The molecule has 5 nitrogen and oxygen atoms in total. The van der Waals surface area contributed by atoms with Crippen molar-refractivity contribution in [3.05, 3.63) is 24.5 Å². The zero-order valence-electron chi connectivity index (χ0n) is 8.10. The number of nitrogens with one attached hydrogen (secondary N) is 1. The third kappa shape index (κ3) is 1.56. The van der Waals surface area contributed by atoms with Gasteiger partial charge in [-0.3, -0.25) is 4.68 Å². The molecule has 0 amide bonds. The van der Waals surface area contributed by atoms with Crippen molar-refractivity contribution >= 4 is 5.82 Å². The number of hydrogen-bond acceptors (Lipinski definition) is 4. The summed E-state index contributed by atoms with van der Waals surface area (Å²) in [6.07, 6.45) is 3.67. The Morgan fingerprint density at radius 3 is 2.64 bits per heavy atom. The lowest BCUT2D eigenvalue weighted by Gasteiger charge is -1.98. The van der Waals surface area contributed by atoms with E-state index < -0.39 is 0 Å². The summed E-state index contributed by atoms with van der Waals surface area (Å²) in [6, 6.07) is 3.80. The first-order chi connectivity index (χ1) is 6.79. The lowest BCUT2D eigenvalue weighted by Crippen LogP contribution is -1.94. The maximum atomic E-state index is 4.07. The average molecular weight is 189 g/mol. The van der Waals surface area contributed by atoms with Crippen LogP contribution >= 0.6 is 0 Å². The van der Waals surface area contributed by atoms with Gasteiger partial charge in [0.25, 0.3) is 0 Å². The average Bonchev–Trinajstić information content (AvgIpc) is 2.65. The third-order valence-electron chi connectivity index (χ3n) is 1.92. The number of hydrogen-bond donors (Lipinski definition) is 1. The van der Waals surface area contributed by atoms with Gasteiger partial charge in [-0.25, -0.2) is 0 Å². The molecule has 0 aliphatic rings. The molecule has 2 aromatic heterocycles. The zero-order valence-corrected chi connectivity index (χ0v) is 8.10. The van der Waals surface area contributed by atoms with Crippen molar-refractivity contribution < 1.29 is 0 Å². The second-order valence-corrected chi connectivity index (χ2v) is 2.96. The maximum Gasteiger partial charge on any atom is 0.148 e. The summed E-state index contributed by atoms with van der Waals surface area (Å²) in [6.45, 7) is 0. The molecule has 0 radical (unpaired) electrons. The predicted molar refractivity (Wildman–Crippen MR) is 53.8 cm³/mol. The van der Waals surface area contributed by atoms with Crippen LogP contribution in [0.2, 0.25) is 0 Å². The van der Waals surface area contributed by atoms with Crippen molar-refractivity contribution in [1.29, 1.82) is 0 Å². The molecule has 0 fully saturated rings. The summed E-state index contributed by atoms with van der Waals surface area (Å²) in [7, 11) is 3.69. The Kier molecular flexibility index (Phi) is 2.14. The van der Waals surface area contributed by atoms with Gasteiger partial charge in [0.2, 0.25) is 0 Å². The van der Waals surface area contributed by atoms with Crippen LogP contribution in [0.15, 0.2) is 24.5 Å². The molecule has 0 aromatic carbocycles. The molecule has 0 saturated heterocycles. The molecule has 0 atom stereocenters. The monoisotopic (exact) mass is 189 g/mol. The Hall–Kier alpha value is -1.91. The molecule has 14 heavy (non-hydrogen) atoms. The molecule has 72 valence electrons. The number of aromatic nitrogens is 4. The van der Waals surface area contributed by atoms with E-state index in [1.807, 2.05) is 32.4 Å². The molecule has 0 aliphatic carbocycles. The fourth-order valence-electron chi connectivity index (χ4n) is 1.17. The minimum atomic E-state index is 0.762. The van der Waals surface area contributed by atoms with E-state index in [2.05, 4.69) is 20.6 Å². The van der Waals surface area contributed by atoms with Gasteiger partial charge in [-0.05, 0) is 12.1 Å². The van der Waals surface area contributed by atoms with Crippen molar-refractivity contribution in [1.82, 2.24) is 20.0 Å². The molecule has 0 bridgehead atoms. The van der Waals surface area contributed by atoms with Gasteiger partial charge in [-0.2, -0.15) is 5.10 Å². The first-order valence-corrected chi connectivity index (χ1v) is 4.30. The summed E-state index contributed by atoms with van der Waals surface area (Å²) in [5.41, 5.74) is 1.81. The Labute approximate surface area is 81.8 Å². The van der Waals surface area contributed by atoms with Gasteiger partial charge in [-0.15, -0.1) is 10.2 Å². The van der Waals surface area contributed by atoms with Gasteiger partial charge in [0.1, 0.15) is 5.82 Å². The highest BCUT2D eigenvalue weighted by Gasteiger charge is 2.01. The van der Waals surface area contributed by atoms with Gasteiger partial charge in [0.05, 0.1) is 11.9 Å². The highest BCUT2D eigenvalue weighted by atomic mass is 15.2. The number of anilines is 1. The minimum Gasteiger partial charge on any atom is -0.372 e. The molecule has 2 rings (SSSR count). The van der Waals surface area contributed by atoms with Crippen molar-refractivity contribution in [3.63, 3.8) is 0 Å². The van der Waals surface area contributed by atoms with E-state index in [4.69, 9.17) is 0 Å². The van der Waals surface area contributed by atoms with Gasteiger partial charge in [0, 0.05) is 25.9 Å². The van der Waals surface area contributed by atoms with E-state index in [1.54, 1.807) is 10.9 Å². The molecule has 2 aromatic rings. The Balaban J connectivity index is 2.33. The van der Waals surface area contributed by atoms with Gasteiger partial charge >= 0.3 is 0 Å². The zero-order chi connectivity index (χ0) is 9.97. The van der Waals surface area contributed by atoms with Crippen LogP contribution in [0.4, 0.5) is 5.82 Å². The van der Waals surface area contributed by atoms with Crippen LogP contribution in [-0.2, 0) is 7.05 Å². The largest absolute Gasteiger partial charge is 0.372 e. The summed E-state index contributed by atoms with van der Waals surface area (Å²) in [4.78, 5) is 0. The van der Waals surface area contributed by atoms with Crippen LogP contribution in [0.5, 0.6) is 0 Å². The van der Waals surface area contributed by atoms with Gasteiger partial charge in [0.15, 0.2) is 0 Å². The van der Waals surface area contributed by atoms with E-state index in [0.29, 0.717) is 0 Å². The van der Waals surface area contributed by atoms with Crippen LogP contribution in [0.1, 0.15) is 0 Å². The van der Waals surface area contributed by atoms with E-state index in [-0.39, 0.29) is 0 Å². The highest BCUT2D eigenvalue weighted by Crippen LogP contribution is 2.15. The van der Waals surface area contributed by atoms with Crippen molar-refractivity contribution in [2.75, 3.05) is 12.4 Å². The lowest BCUT2D eigenvalue weighted by molar-refractivity contribution is 0.768. The molecule has 1 N–H and O–H groups in total. The van der Waals surface area contributed by atoms with Gasteiger partial charge in [-0.1, -0.05) is 0 Å². The van der Waals surface area contributed by atoms with Crippen molar-refractivity contribution in [2.45, 2.75) is 0 Å². The second kappa shape index (κ2) is 3.45. The number of nitrogens with zero attached hydrogens (tertiary/aromatic N) is 4. The molecule has 2 heterocycles. The Morgan fingerprint density at radius 2 is 2.14 bits per heavy atom. The second-order valence-electron chi connectivity index (χ2n) is 2.96. The third-order valence-corrected chi connectivity index (χ3v) is 1.92. The molecular weight excluding hydrogens is 178 g/mol. The minimum absolute atomic E-state index is 0.762. The van der Waals surface area contributed by atoms with E-state index in [1.165, 1.54) is 0 Å². The summed E-state index contributed by atoms with van der Waals surface area (Å²) < 4.78 is 1.74. The smallest absolute Gasteiger partial charge is 0.148 e. The fraction of sp³-hybridized carbons (Fsp3) is 0.222. The quantitative estimate of drug-likeness (QED) is 0.763. The molecule has 5 heteroatoms. The lowest BCUT2D eigenvalue weighted by atomic mass is 10.2. The Bertz CT molecular complexity index is 417. The first-order valence-electron chi connectivity index (χ1n) is 4.30. The van der Waals surface area contributed by atoms with E-state index >= 15 is 0 Å². The molecular formula is C9H11N5. The summed E-state index contributed by atoms with van der Waals surface area (Å²) >= 11 is 0. The van der Waals surface area contributed by atoms with Crippen LogP contribution in [-0.4, -0.2) is 27.0 Å². The SMILES string of the molecule is CNc1ccc(-c2cnn(C)c2)nn1. The van der Waals surface area contributed by atoms with Crippen LogP contribution in [0, 0.1) is 0 Å². The first kappa shape index (κ1) is 8.68. The Morgan fingerprint density at radius 1 is 1.29 bits per heavy atom. The van der Waals surface area contributed by atoms with Gasteiger partial charge < -0.3 is 5.32 Å². The number of aryl methyl sites for hydroxylation is 1. The number of rotatable bonds is 2. The molecule has 0 spiro atoms. The fourth-order valence-corrected chi connectivity index (χ4v) is 1.17. The standard InChI is InChI=1S/C9H11N5/c1-10-9-4-3-8(12-13-9)7-5-11-14(2)6-7/h3-6H,1-2H3,(H,10,13).